The van der Waals surface area contributed by atoms with Gasteiger partial charge in [0.25, 0.3) is 0 Å². The molecule has 4 rings (SSSR count). The largest absolute Gasteiger partial charge is 0.416 e. The Morgan fingerprint density at radius 3 is 2.03 bits per heavy atom. The molecule has 10 heteroatoms. The molecular weight excluding hydrogens is 481 g/mol. The molecule has 0 aliphatic carbocycles. The fraction of sp³-hybridized carbons (Fsp3) is 0.200. The molecule has 1 unspecified atom stereocenters. The summed E-state index contributed by atoms with van der Waals surface area (Å²) in [5, 5.41) is 0. The number of anilines is 3. The Kier molecular flexibility index (Phi) is 6.18. The first-order valence-electron chi connectivity index (χ1n) is 10.6. The number of rotatable bonds is 4. The standard InChI is InChI=1S/C25H21F3N2O4S/c1-3-29-20-14-11-17(25(26,27)28)15-21(20)30(18-7-5-4-6-8-18)24(32)22(23(29)31)16-9-12-19(13-10-16)35(2,33)34/h4-15,22H,3H2,1-2H3. The summed E-state index contributed by atoms with van der Waals surface area (Å²) in [6.07, 6.45) is -3.62. The van der Waals surface area contributed by atoms with Gasteiger partial charge in [0.1, 0.15) is 5.92 Å². The number of benzene rings is 3. The maximum absolute atomic E-state index is 13.9. The Morgan fingerprint density at radius 1 is 0.857 bits per heavy atom. The van der Waals surface area contributed by atoms with Crippen LogP contribution in [0.25, 0.3) is 0 Å². The Morgan fingerprint density at radius 2 is 1.49 bits per heavy atom. The van der Waals surface area contributed by atoms with Gasteiger partial charge in [-0.05, 0) is 55.0 Å². The minimum absolute atomic E-state index is 0.0140. The van der Waals surface area contributed by atoms with Gasteiger partial charge in [-0.2, -0.15) is 13.2 Å². The number of nitrogens with zero attached hydrogens (tertiary/aromatic N) is 2. The lowest BCUT2D eigenvalue weighted by Crippen LogP contribution is -2.39. The molecule has 35 heavy (non-hydrogen) atoms. The number of carbonyl (C=O) groups is 2. The molecule has 0 saturated carbocycles. The van der Waals surface area contributed by atoms with Crippen molar-refractivity contribution in [2.24, 2.45) is 0 Å². The zero-order valence-electron chi connectivity index (χ0n) is 18.8. The molecule has 1 atom stereocenters. The molecule has 0 aromatic heterocycles. The van der Waals surface area contributed by atoms with E-state index < -0.39 is 39.3 Å². The molecule has 2 amide bonds. The number of sulfone groups is 1. The number of amides is 2. The monoisotopic (exact) mass is 502 g/mol. The van der Waals surface area contributed by atoms with Gasteiger partial charge in [0, 0.05) is 18.5 Å². The third-order valence-electron chi connectivity index (χ3n) is 5.79. The van der Waals surface area contributed by atoms with Crippen LogP contribution in [-0.4, -0.2) is 33.0 Å². The van der Waals surface area contributed by atoms with E-state index >= 15 is 0 Å². The molecule has 182 valence electrons. The van der Waals surface area contributed by atoms with E-state index in [9.17, 15) is 31.2 Å². The number of hydrogen-bond donors (Lipinski definition) is 0. The second-order valence-electron chi connectivity index (χ2n) is 8.07. The van der Waals surface area contributed by atoms with Crippen molar-refractivity contribution in [1.82, 2.24) is 0 Å². The Bertz CT molecular complexity index is 1390. The van der Waals surface area contributed by atoms with E-state index in [0.717, 1.165) is 23.3 Å². The summed E-state index contributed by atoms with van der Waals surface area (Å²) in [6.45, 7) is 1.76. The van der Waals surface area contributed by atoms with Crippen molar-refractivity contribution < 1.29 is 31.2 Å². The first kappa shape index (κ1) is 24.5. The number of carbonyl (C=O) groups excluding carboxylic acids is 2. The molecule has 3 aromatic rings. The molecule has 0 fully saturated rings. The zero-order valence-corrected chi connectivity index (χ0v) is 19.6. The van der Waals surface area contributed by atoms with Gasteiger partial charge < -0.3 is 4.90 Å². The van der Waals surface area contributed by atoms with Crippen molar-refractivity contribution in [1.29, 1.82) is 0 Å². The first-order chi connectivity index (χ1) is 16.4. The van der Waals surface area contributed by atoms with Crippen molar-refractivity contribution in [2.75, 3.05) is 22.6 Å². The lowest BCUT2D eigenvalue weighted by Gasteiger charge is -2.26. The first-order valence-corrected chi connectivity index (χ1v) is 12.5. The molecule has 0 radical (unpaired) electrons. The van der Waals surface area contributed by atoms with Gasteiger partial charge in [0.15, 0.2) is 9.84 Å². The summed E-state index contributed by atoms with van der Waals surface area (Å²) < 4.78 is 64.5. The fourth-order valence-corrected chi connectivity index (χ4v) is 4.73. The van der Waals surface area contributed by atoms with Crippen molar-refractivity contribution in [3.63, 3.8) is 0 Å². The molecule has 0 saturated heterocycles. The highest BCUT2D eigenvalue weighted by Crippen LogP contribution is 2.44. The van der Waals surface area contributed by atoms with Crippen LogP contribution in [0.5, 0.6) is 0 Å². The number of alkyl halides is 3. The summed E-state index contributed by atoms with van der Waals surface area (Å²) in [7, 11) is -3.51. The van der Waals surface area contributed by atoms with Crippen LogP contribution in [0.4, 0.5) is 30.2 Å². The molecule has 3 aromatic carbocycles. The molecule has 0 N–H and O–H groups in total. The Labute approximate surface area is 200 Å². The molecular formula is C25H21F3N2O4S. The van der Waals surface area contributed by atoms with E-state index in [2.05, 4.69) is 0 Å². The summed E-state index contributed by atoms with van der Waals surface area (Å²) in [5.41, 5.74) is -0.332. The fourth-order valence-electron chi connectivity index (χ4n) is 4.10. The SMILES string of the molecule is CCN1C(=O)C(c2ccc(S(C)(=O)=O)cc2)C(=O)N(c2ccccc2)c2cc(C(F)(F)F)ccc21. The molecule has 6 nitrogen and oxygen atoms in total. The van der Waals surface area contributed by atoms with Crippen molar-refractivity contribution in [3.8, 4) is 0 Å². The quantitative estimate of drug-likeness (QED) is 0.475. The third kappa shape index (κ3) is 4.53. The maximum atomic E-state index is 13.9. The summed E-state index contributed by atoms with van der Waals surface area (Å²) >= 11 is 0. The molecule has 1 aliphatic heterocycles. The van der Waals surface area contributed by atoms with Gasteiger partial charge in [-0.15, -0.1) is 0 Å². The van der Waals surface area contributed by atoms with E-state index in [4.69, 9.17) is 0 Å². The van der Waals surface area contributed by atoms with Crippen molar-refractivity contribution in [2.45, 2.75) is 23.9 Å². The van der Waals surface area contributed by atoms with Crippen LogP contribution in [0.3, 0.4) is 0 Å². The number of likely N-dealkylation sites (N-methyl/N-ethyl adjacent to an activating group) is 1. The highest BCUT2D eigenvalue weighted by Gasteiger charge is 2.43. The average Bonchev–Trinajstić information content (AvgIpc) is 2.89. The summed E-state index contributed by atoms with van der Waals surface area (Å²) in [5.74, 6) is -2.76. The Hall–Kier alpha value is -3.66. The minimum Gasteiger partial charge on any atom is -0.310 e. The van der Waals surface area contributed by atoms with Crippen LogP contribution < -0.4 is 9.80 Å². The van der Waals surface area contributed by atoms with Crippen LogP contribution >= 0.6 is 0 Å². The van der Waals surface area contributed by atoms with E-state index in [0.29, 0.717) is 5.69 Å². The lowest BCUT2D eigenvalue weighted by molar-refractivity contribution is -0.137. The number of halogens is 3. The Balaban J connectivity index is 1.96. The van der Waals surface area contributed by atoms with Gasteiger partial charge >= 0.3 is 6.18 Å². The molecule has 1 aliphatic rings. The minimum atomic E-state index is -4.66. The van der Waals surface area contributed by atoms with Crippen molar-refractivity contribution >= 4 is 38.7 Å². The van der Waals surface area contributed by atoms with E-state index in [-0.39, 0.29) is 28.4 Å². The van der Waals surface area contributed by atoms with Gasteiger partial charge in [-0.3, -0.25) is 14.5 Å². The van der Waals surface area contributed by atoms with Crippen molar-refractivity contribution in [3.05, 3.63) is 83.9 Å². The molecule has 0 spiro atoms. The number of para-hydroxylation sites is 1. The van der Waals surface area contributed by atoms with E-state index in [1.54, 1.807) is 37.3 Å². The van der Waals surface area contributed by atoms with E-state index in [1.807, 2.05) is 0 Å². The number of fused-ring (bicyclic) bond motifs is 1. The van der Waals surface area contributed by atoms with Gasteiger partial charge in [-0.25, -0.2) is 8.42 Å². The summed E-state index contributed by atoms with van der Waals surface area (Å²) in [6, 6.07) is 16.4. The average molecular weight is 503 g/mol. The normalized spacial score (nSPS) is 16.8. The second-order valence-corrected chi connectivity index (χ2v) is 10.1. The van der Waals surface area contributed by atoms with Gasteiger partial charge in [-0.1, -0.05) is 30.3 Å². The van der Waals surface area contributed by atoms with Gasteiger partial charge in [0.05, 0.1) is 21.8 Å². The third-order valence-corrected chi connectivity index (χ3v) is 6.92. The van der Waals surface area contributed by atoms with E-state index in [1.165, 1.54) is 35.2 Å². The molecule has 1 heterocycles. The predicted octanol–water partition coefficient (Wildman–Crippen LogP) is 4.92. The maximum Gasteiger partial charge on any atom is 0.416 e. The zero-order chi connectivity index (χ0) is 25.5. The van der Waals surface area contributed by atoms with Crippen LogP contribution in [0, 0.1) is 0 Å². The second kappa shape index (κ2) is 8.84. The van der Waals surface area contributed by atoms with Crippen LogP contribution in [0.1, 0.15) is 24.0 Å². The van der Waals surface area contributed by atoms with Crippen LogP contribution in [0.2, 0.25) is 0 Å². The summed E-state index contributed by atoms with van der Waals surface area (Å²) in [4.78, 5) is 29.9. The number of hydrogen-bond acceptors (Lipinski definition) is 4. The highest BCUT2D eigenvalue weighted by molar-refractivity contribution is 7.90. The molecule has 0 bridgehead atoms. The van der Waals surface area contributed by atoms with Crippen LogP contribution in [0.15, 0.2) is 77.7 Å². The lowest BCUT2D eigenvalue weighted by atomic mass is 9.96. The predicted molar refractivity (Wildman–Crippen MR) is 125 cm³/mol. The highest BCUT2D eigenvalue weighted by atomic mass is 32.2. The van der Waals surface area contributed by atoms with Gasteiger partial charge in [0.2, 0.25) is 11.8 Å². The topological polar surface area (TPSA) is 74.8 Å². The van der Waals surface area contributed by atoms with Crippen LogP contribution in [-0.2, 0) is 25.6 Å². The smallest absolute Gasteiger partial charge is 0.310 e.